The zero-order valence-corrected chi connectivity index (χ0v) is 29.1. The molecule has 0 saturated carbocycles. The van der Waals surface area contributed by atoms with Gasteiger partial charge in [-0.3, -0.25) is 0 Å². The summed E-state index contributed by atoms with van der Waals surface area (Å²) in [6.45, 7) is 26.8. The predicted molar refractivity (Wildman–Crippen MR) is 184 cm³/mol. The maximum Gasteiger partial charge on any atom is 0.0991 e. The third-order valence-corrected chi connectivity index (χ3v) is 11.2. The first-order valence-corrected chi connectivity index (χ1v) is 17.1. The number of nitriles is 3. The second kappa shape index (κ2) is 13.9. The van der Waals surface area contributed by atoms with Crippen LogP contribution in [0.15, 0.2) is 36.4 Å². The van der Waals surface area contributed by atoms with Gasteiger partial charge < -0.3 is 0 Å². The van der Waals surface area contributed by atoms with E-state index in [1.807, 2.05) is 0 Å². The fraction of sp³-hybridized carbons (Fsp3) is 0.462. The lowest BCUT2D eigenvalue weighted by molar-refractivity contribution is 0.838. The van der Waals surface area contributed by atoms with Gasteiger partial charge in [0.2, 0.25) is 0 Å². The van der Waals surface area contributed by atoms with Gasteiger partial charge >= 0.3 is 0 Å². The first-order chi connectivity index (χ1) is 20.2. The molecule has 0 atom stereocenters. The lowest BCUT2D eigenvalue weighted by Gasteiger charge is -2.36. The Labute approximate surface area is 262 Å². The fourth-order valence-corrected chi connectivity index (χ4v) is 10.1. The molecule has 0 heterocycles. The zero-order chi connectivity index (χ0) is 32.3. The molecule has 3 aromatic rings. The molecule has 0 spiro atoms. The Bertz CT molecular complexity index is 1340. The van der Waals surface area contributed by atoms with E-state index < -0.39 is 7.92 Å². The summed E-state index contributed by atoms with van der Waals surface area (Å²) in [6.07, 6.45) is 0. The Kier molecular flexibility index (Phi) is 11.0. The van der Waals surface area contributed by atoms with E-state index in [-0.39, 0.29) is 35.5 Å². The van der Waals surface area contributed by atoms with Crippen LogP contribution in [-0.4, -0.2) is 0 Å². The molecule has 0 amide bonds. The highest BCUT2D eigenvalue weighted by molar-refractivity contribution is 7.80. The third kappa shape index (κ3) is 6.88. The normalized spacial score (nSPS) is 11.7. The highest BCUT2D eigenvalue weighted by Crippen LogP contribution is 2.47. The molecule has 0 aliphatic rings. The SMILES string of the molecule is CC(C)c1cc(C#N)cc(C(C)C)c1P(c1c(C(C)C)cc(C#N)cc1C(C)C)c1c(C(C)C)cc(C#N)cc1C(C)C. The molecule has 3 aromatic carbocycles. The van der Waals surface area contributed by atoms with Gasteiger partial charge in [0.25, 0.3) is 0 Å². The van der Waals surface area contributed by atoms with Crippen LogP contribution in [0.3, 0.4) is 0 Å². The second-order valence-corrected chi connectivity index (χ2v) is 15.6. The Morgan fingerprint density at radius 1 is 0.372 bits per heavy atom. The van der Waals surface area contributed by atoms with Crippen LogP contribution in [0.2, 0.25) is 0 Å². The van der Waals surface area contributed by atoms with Gasteiger partial charge in [-0.2, -0.15) is 15.8 Å². The van der Waals surface area contributed by atoms with Crippen LogP contribution >= 0.6 is 7.92 Å². The van der Waals surface area contributed by atoms with Crippen molar-refractivity contribution < 1.29 is 0 Å². The number of benzene rings is 3. The van der Waals surface area contributed by atoms with E-state index in [9.17, 15) is 15.8 Å². The van der Waals surface area contributed by atoms with Crippen LogP contribution in [0.5, 0.6) is 0 Å². The highest BCUT2D eigenvalue weighted by atomic mass is 31.1. The third-order valence-electron chi connectivity index (χ3n) is 8.30. The van der Waals surface area contributed by atoms with Crippen LogP contribution in [-0.2, 0) is 0 Å². The molecule has 0 fully saturated rings. The quantitative estimate of drug-likeness (QED) is 0.233. The summed E-state index contributed by atoms with van der Waals surface area (Å²) < 4.78 is 0. The minimum Gasteiger partial charge on any atom is -0.192 e. The van der Waals surface area contributed by atoms with E-state index in [1.54, 1.807) is 0 Å². The second-order valence-electron chi connectivity index (χ2n) is 13.6. The van der Waals surface area contributed by atoms with E-state index in [1.165, 1.54) is 49.3 Å². The van der Waals surface area contributed by atoms with E-state index in [0.29, 0.717) is 16.7 Å². The van der Waals surface area contributed by atoms with Gasteiger partial charge in [0, 0.05) is 0 Å². The van der Waals surface area contributed by atoms with E-state index >= 15 is 0 Å². The topological polar surface area (TPSA) is 71.4 Å². The average Bonchev–Trinajstić information content (AvgIpc) is 2.96. The molecular weight excluding hydrogens is 541 g/mol. The van der Waals surface area contributed by atoms with Crippen molar-refractivity contribution in [2.24, 2.45) is 0 Å². The summed E-state index contributed by atoms with van der Waals surface area (Å²) in [5.41, 5.74) is 9.42. The predicted octanol–water partition coefficient (Wildman–Crippen LogP) is 9.80. The van der Waals surface area contributed by atoms with Gasteiger partial charge in [-0.1, -0.05) is 83.1 Å². The molecule has 3 rings (SSSR count). The lowest BCUT2D eigenvalue weighted by Crippen LogP contribution is -2.35. The summed E-state index contributed by atoms with van der Waals surface area (Å²) >= 11 is 0. The van der Waals surface area contributed by atoms with Crippen LogP contribution in [0.25, 0.3) is 0 Å². The van der Waals surface area contributed by atoms with Crippen molar-refractivity contribution in [2.75, 3.05) is 0 Å². The van der Waals surface area contributed by atoms with Gasteiger partial charge in [0.05, 0.1) is 34.9 Å². The van der Waals surface area contributed by atoms with Crippen molar-refractivity contribution in [1.82, 2.24) is 0 Å². The van der Waals surface area contributed by atoms with E-state index in [4.69, 9.17) is 0 Å². The standard InChI is InChI=1S/C39H48N3P/c1-22(2)31-13-28(19-40)14-32(23(3)4)37(31)43(38-33(24(5)6)15-29(20-41)16-34(38)25(7)8)39-35(26(9)10)17-30(21-42)18-36(39)27(11)12/h13-18,22-27H,1-12H3. The Morgan fingerprint density at radius 2 is 0.535 bits per heavy atom. The highest BCUT2D eigenvalue weighted by Gasteiger charge is 2.35. The largest absolute Gasteiger partial charge is 0.192 e. The lowest BCUT2D eigenvalue weighted by atomic mass is 9.92. The van der Waals surface area contributed by atoms with Crippen LogP contribution in [0.1, 0.15) is 169 Å². The molecule has 0 bridgehead atoms. The molecule has 224 valence electrons. The summed E-state index contributed by atoms with van der Waals surface area (Å²) in [7, 11) is -1.15. The molecule has 43 heavy (non-hydrogen) atoms. The van der Waals surface area contributed by atoms with E-state index in [2.05, 4.69) is 138 Å². The number of hydrogen-bond donors (Lipinski definition) is 0. The van der Waals surface area contributed by atoms with Crippen LogP contribution in [0, 0.1) is 34.0 Å². The number of rotatable bonds is 9. The van der Waals surface area contributed by atoms with Gasteiger partial charge in [-0.25, -0.2) is 0 Å². The Balaban J connectivity index is 2.84. The Hall–Kier alpha value is -3.44. The monoisotopic (exact) mass is 589 g/mol. The van der Waals surface area contributed by atoms with Gasteiger partial charge in [0.1, 0.15) is 0 Å². The minimum absolute atomic E-state index is 0.206. The van der Waals surface area contributed by atoms with Crippen molar-refractivity contribution in [3.8, 4) is 18.2 Å². The first-order valence-electron chi connectivity index (χ1n) is 15.7. The molecule has 0 unspecified atom stereocenters. The molecule has 0 saturated heterocycles. The van der Waals surface area contributed by atoms with Crippen molar-refractivity contribution in [3.63, 3.8) is 0 Å². The molecule has 3 nitrogen and oxygen atoms in total. The van der Waals surface area contributed by atoms with Crippen molar-refractivity contribution in [2.45, 2.75) is 119 Å². The van der Waals surface area contributed by atoms with E-state index in [0.717, 1.165) is 0 Å². The first kappa shape index (κ1) is 34.1. The number of nitrogens with zero attached hydrogens (tertiary/aromatic N) is 3. The molecular formula is C39H48N3P. The fourth-order valence-electron chi connectivity index (χ4n) is 5.98. The van der Waals surface area contributed by atoms with Crippen LogP contribution < -0.4 is 15.9 Å². The molecule has 0 aromatic heterocycles. The van der Waals surface area contributed by atoms with Gasteiger partial charge in [-0.05, 0) is 129 Å². The minimum atomic E-state index is -1.15. The average molecular weight is 590 g/mol. The Morgan fingerprint density at radius 3 is 0.651 bits per heavy atom. The zero-order valence-electron chi connectivity index (χ0n) is 28.2. The van der Waals surface area contributed by atoms with Gasteiger partial charge in [-0.15, -0.1) is 0 Å². The van der Waals surface area contributed by atoms with Gasteiger partial charge in [0.15, 0.2) is 0 Å². The van der Waals surface area contributed by atoms with Crippen molar-refractivity contribution in [1.29, 1.82) is 15.8 Å². The maximum atomic E-state index is 10.1. The molecule has 0 aliphatic heterocycles. The molecule has 4 heteroatoms. The maximum absolute atomic E-state index is 10.1. The summed E-state index contributed by atoms with van der Waals surface area (Å²) in [5, 5.41) is 34.3. The smallest absolute Gasteiger partial charge is 0.0991 e. The summed E-state index contributed by atoms with van der Waals surface area (Å²) in [5.74, 6) is 1.24. The number of hydrogen-bond acceptors (Lipinski definition) is 3. The molecule has 0 N–H and O–H groups in total. The molecule has 0 radical (unpaired) electrons. The summed E-state index contributed by atoms with van der Waals surface area (Å²) in [6, 6.07) is 20.0. The van der Waals surface area contributed by atoms with Crippen molar-refractivity contribution >= 4 is 23.8 Å². The van der Waals surface area contributed by atoms with Crippen LogP contribution in [0.4, 0.5) is 0 Å². The molecule has 0 aliphatic carbocycles. The summed E-state index contributed by atoms with van der Waals surface area (Å²) in [4.78, 5) is 0. The van der Waals surface area contributed by atoms with Crippen molar-refractivity contribution in [3.05, 3.63) is 86.5 Å².